The van der Waals surface area contributed by atoms with Crippen molar-refractivity contribution in [1.82, 2.24) is 9.97 Å². The van der Waals surface area contributed by atoms with Crippen LogP contribution < -0.4 is 15.4 Å². The lowest BCUT2D eigenvalue weighted by atomic mass is 9.98. The summed E-state index contributed by atoms with van der Waals surface area (Å²) in [6.45, 7) is 1.59. The van der Waals surface area contributed by atoms with Crippen molar-refractivity contribution in [2.45, 2.75) is 12.3 Å². The predicted octanol–water partition coefficient (Wildman–Crippen LogP) is 2.07. The normalized spacial score (nSPS) is 17.1. The van der Waals surface area contributed by atoms with Crippen LogP contribution in [0.5, 0.6) is 5.88 Å². The number of nitrogens with zero attached hydrogens (tertiary/aromatic N) is 3. The quantitative estimate of drug-likeness (QED) is 0.921. The Morgan fingerprint density at radius 3 is 3.00 bits per heavy atom. The molecule has 0 fully saturated rings. The van der Waals surface area contributed by atoms with E-state index in [2.05, 4.69) is 39.1 Å². The molecule has 0 aliphatic carbocycles. The summed E-state index contributed by atoms with van der Waals surface area (Å²) in [5.74, 6) is 1.90. The van der Waals surface area contributed by atoms with Crippen LogP contribution in [0, 0.1) is 0 Å². The largest absolute Gasteiger partial charge is 0.481 e. The highest BCUT2D eigenvalue weighted by molar-refractivity contribution is 5.69. The third-order valence-electron chi connectivity index (χ3n) is 3.70. The molecule has 0 saturated heterocycles. The lowest BCUT2D eigenvalue weighted by Crippen LogP contribution is -2.18. The van der Waals surface area contributed by atoms with Gasteiger partial charge in [0.15, 0.2) is 0 Å². The van der Waals surface area contributed by atoms with E-state index in [0.29, 0.717) is 18.3 Å². The molecular formula is C15H18N4O. The van der Waals surface area contributed by atoms with E-state index in [4.69, 9.17) is 10.5 Å². The van der Waals surface area contributed by atoms with Crippen molar-refractivity contribution in [1.29, 1.82) is 0 Å². The van der Waals surface area contributed by atoms with E-state index in [-0.39, 0.29) is 0 Å². The Labute approximate surface area is 118 Å². The molecule has 1 aliphatic heterocycles. The monoisotopic (exact) mass is 270 g/mol. The number of anilines is 2. The molecule has 0 saturated carbocycles. The standard InChI is InChI=1S/C15H18N4O/c1-20-15-8-14(17-10-18-15)19-9-11(6-7-16)12-4-2-3-5-13(12)19/h2-5,8,10-11H,6-7,9,16H2,1H3. The zero-order valence-corrected chi connectivity index (χ0v) is 11.5. The van der Waals surface area contributed by atoms with Crippen LogP contribution in [0.15, 0.2) is 36.7 Å². The molecule has 2 heterocycles. The number of nitrogens with two attached hydrogens (primary N) is 1. The SMILES string of the molecule is COc1cc(N2CC(CCN)c3ccccc32)ncn1. The Hall–Kier alpha value is -2.14. The highest BCUT2D eigenvalue weighted by Gasteiger charge is 2.29. The molecular weight excluding hydrogens is 252 g/mol. The first-order valence-corrected chi connectivity index (χ1v) is 6.76. The van der Waals surface area contributed by atoms with E-state index in [1.165, 1.54) is 17.6 Å². The summed E-state index contributed by atoms with van der Waals surface area (Å²) < 4.78 is 5.18. The summed E-state index contributed by atoms with van der Waals surface area (Å²) in [6.07, 6.45) is 2.52. The van der Waals surface area contributed by atoms with E-state index >= 15 is 0 Å². The van der Waals surface area contributed by atoms with Gasteiger partial charge in [-0.05, 0) is 24.6 Å². The maximum atomic E-state index is 5.73. The van der Waals surface area contributed by atoms with Gasteiger partial charge in [0, 0.05) is 24.2 Å². The molecule has 1 aliphatic rings. The molecule has 5 heteroatoms. The maximum absolute atomic E-state index is 5.73. The average molecular weight is 270 g/mol. The molecule has 2 N–H and O–H groups in total. The summed E-state index contributed by atoms with van der Waals surface area (Å²) in [4.78, 5) is 10.6. The Balaban J connectivity index is 1.98. The number of aromatic nitrogens is 2. The first kappa shape index (κ1) is 12.9. The van der Waals surface area contributed by atoms with Gasteiger partial charge in [0.25, 0.3) is 0 Å². The van der Waals surface area contributed by atoms with Crippen LogP contribution in [-0.4, -0.2) is 30.2 Å². The van der Waals surface area contributed by atoms with Crippen molar-refractivity contribution in [3.05, 3.63) is 42.2 Å². The van der Waals surface area contributed by atoms with E-state index < -0.39 is 0 Å². The fraction of sp³-hybridized carbons (Fsp3) is 0.333. The van der Waals surface area contributed by atoms with Gasteiger partial charge in [-0.3, -0.25) is 0 Å². The van der Waals surface area contributed by atoms with Gasteiger partial charge < -0.3 is 15.4 Å². The number of methoxy groups -OCH3 is 1. The molecule has 1 atom stereocenters. The summed E-state index contributed by atoms with van der Waals surface area (Å²) in [7, 11) is 1.61. The molecule has 20 heavy (non-hydrogen) atoms. The predicted molar refractivity (Wildman–Crippen MR) is 78.4 cm³/mol. The average Bonchev–Trinajstić information content (AvgIpc) is 2.87. The molecule has 0 radical (unpaired) electrons. The zero-order chi connectivity index (χ0) is 13.9. The number of ether oxygens (including phenoxy) is 1. The lowest BCUT2D eigenvalue weighted by Gasteiger charge is -2.19. The Morgan fingerprint density at radius 2 is 2.20 bits per heavy atom. The van der Waals surface area contributed by atoms with Gasteiger partial charge in [0.1, 0.15) is 12.1 Å². The first-order valence-electron chi connectivity index (χ1n) is 6.76. The van der Waals surface area contributed by atoms with Gasteiger partial charge >= 0.3 is 0 Å². The summed E-state index contributed by atoms with van der Waals surface area (Å²) in [6, 6.07) is 10.3. The van der Waals surface area contributed by atoms with Crippen LogP contribution in [0.3, 0.4) is 0 Å². The fourth-order valence-corrected chi connectivity index (χ4v) is 2.75. The number of hydrogen-bond acceptors (Lipinski definition) is 5. The van der Waals surface area contributed by atoms with Crippen LogP contribution in [-0.2, 0) is 0 Å². The van der Waals surface area contributed by atoms with Crippen LogP contribution in [0.1, 0.15) is 17.9 Å². The molecule has 0 amide bonds. The Kier molecular flexibility index (Phi) is 3.52. The minimum Gasteiger partial charge on any atom is -0.481 e. The van der Waals surface area contributed by atoms with Crippen molar-refractivity contribution < 1.29 is 4.74 Å². The van der Waals surface area contributed by atoms with Gasteiger partial charge in [0.05, 0.1) is 7.11 Å². The minimum atomic E-state index is 0.456. The molecule has 0 spiro atoms. The number of rotatable bonds is 4. The Bertz CT molecular complexity index is 602. The van der Waals surface area contributed by atoms with Crippen LogP contribution in [0.2, 0.25) is 0 Å². The molecule has 5 nitrogen and oxygen atoms in total. The number of hydrogen-bond donors (Lipinski definition) is 1. The topological polar surface area (TPSA) is 64.3 Å². The third kappa shape index (κ3) is 2.20. The van der Waals surface area contributed by atoms with Crippen LogP contribution in [0.4, 0.5) is 11.5 Å². The molecule has 104 valence electrons. The van der Waals surface area contributed by atoms with Gasteiger partial charge in [-0.1, -0.05) is 18.2 Å². The van der Waals surface area contributed by atoms with Gasteiger partial charge in [-0.2, -0.15) is 0 Å². The number of fused-ring (bicyclic) bond motifs is 1. The van der Waals surface area contributed by atoms with Gasteiger partial charge in [0.2, 0.25) is 5.88 Å². The first-order chi connectivity index (χ1) is 9.83. The van der Waals surface area contributed by atoms with Crippen molar-refractivity contribution in [3.63, 3.8) is 0 Å². The number of para-hydroxylation sites is 1. The second-order valence-electron chi connectivity index (χ2n) is 4.86. The molecule has 0 bridgehead atoms. The van der Waals surface area contributed by atoms with E-state index in [1.54, 1.807) is 7.11 Å². The summed E-state index contributed by atoms with van der Waals surface area (Å²) in [5.41, 5.74) is 8.27. The lowest BCUT2D eigenvalue weighted by molar-refractivity contribution is 0.397. The molecule has 3 rings (SSSR count). The number of benzene rings is 1. The highest BCUT2D eigenvalue weighted by atomic mass is 16.5. The second-order valence-corrected chi connectivity index (χ2v) is 4.86. The molecule has 1 unspecified atom stereocenters. The van der Waals surface area contributed by atoms with E-state index in [1.807, 2.05) is 6.07 Å². The van der Waals surface area contributed by atoms with Crippen molar-refractivity contribution in [3.8, 4) is 5.88 Å². The second kappa shape index (κ2) is 5.46. The van der Waals surface area contributed by atoms with Crippen molar-refractivity contribution in [2.75, 3.05) is 25.1 Å². The highest BCUT2D eigenvalue weighted by Crippen LogP contribution is 2.41. The minimum absolute atomic E-state index is 0.456. The van der Waals surface area contributed by atoms with E-state index in [0.717, 1.165) is 18.8 Å². The molecule has 1 aromatic carbocycles. The summed E-state index contributed by atoms with van der Waals surface area (Å²) in [5, 5.41) is 0. The maximum Gasteiger partial charge on any atom is 0.218 e. The zero-order valence-electron chi connectivity index (χ0n) is 11.5. The molecule has 1 aromatic heterocycles. The van der Waals surface area contributed by atoms with Gasteiger partial charge in [-0.25, -0.2) is 9.97 Å². The van der Waals surface area contributed by atoms with Crippen LogP contribution >= 0.6 is 0 Å². The molecule has 2 aromatic rings. The van der Waals surface area contributed by atoms with Gasteiger partial charge in [-0.15, -0.1) is 0 Å². The van der Waals surface area contributed by atoms with Crippen LogP contribution in [0.25, 0.3) is 0 Å². The van der Waals surface area contributed by atoms with E-state index in [9.17, 15) is 0 Å². The van der Waals surface area contributed by atoms with Crippen molar-refractivity contribution in [2.24, 2.45) is 5.73 Å². The summed E-state index contributed by atoms with van der Waals surface area (Å²) >= 11 is 0. The van der Waals surface area contributed by atoms with Crippen molar-refractivity contribution >= 4 is 11.5 Å². The Morgan fingerprint density at radius 1 is 1.35 bits per heavy atom. The smallest absolute Gasteiger partial charge is 0.218 e. The fourth-order valence-electron chi connectivity index (χ4n) is 2.75. The third-order valence-corrected chi connectivity index (χ3v) is 3.70.